The van der Waals surface area contributed by atoms with Crippen LogP contribution in [0.15, 0.2) is 6.07 Å². The fraction of sp³-hybridized carbons (Fsp3) is 0.600. The van der Waals surface area contributed by atoms with E-state index in [1.165, 1.54) is 4.90 Å². The van der Waals surface area contributed by atoms with E-state index >= 15 is 4.39 Å². The first-order valence-corrected chi connectivity index (χ1v) is 10.0. The molecule has 2 aliphatic heterocycles. The molecule has 0 spiro atoms. The van der Waals surface area contributed by atoms with Gasteiger partial charge >= 0.3 is 5.97 Å². The summed E-state index contributed by atoms with van der Waals surface area (Å²) in [5.41, 5.74) is -1.21. The van der Waals surface area contributed by atoms with Crippen LogP contribution in [-0.2, 0) is 4.79 Å². The second kappa shape index (κ2) is 8.05. The minimum Gasteiger partial charge on any atom is -0.481 e. The van der Waals surface area contributed by atoms with Crippen molar-refractivity contribution in [3.63, 3.8) is 0 Å². The highest BCUT2D eigenvalue weighted by Gasteiger charge is 2.42. The summed E-state index contributed by atoms with van der Waals surface area (Å²) in [5, 5.41) is 12.5. The molecule has 4 rings (SSSR count). The normalized spacial score (nSPS) is 26.3. The van der Waals surface area contributed by atoms with Crippen LogP contribution in [0, 0.1) is 23.5 Å². The van der Waals surface area contributed by atoms with E-state index in [-0.39, 0.29) is 25.3 Å². The van der Waals surface area contributed by atoms with Gasteiger partial charge in [0.05, 0.1) is 5.69 Å². The molecule has 2 fully saturated rings. The Morgan fingerprint density at radius 1 is 1.20 bits per heavy atom. The number of benzene rings is 1. The molecule has 1 saturated carbocycles. The first kappa shape index (κ1) is 20.9. The molecule has 164 valence electrons. The number of nitrogens with zero attached hydrogens (tertiary/aromatic N) is 2. The van der Waals surface area contributed by atoms with Crippen LogP contribution < -0.4 is 15.1 Å². The number of carbonyl (C=O) groups excluding carboxylic acids is 1. The number of fused-ring (bicyclic) bond motifs is 1. The lowest BCUT2D eigenvalue weighted by Crippen LogP contribution is -2.44. The van der Waals surface area contributed by atoms with Crippen LogP contribution in [-0.4, -0.2) is 68.5 Å². The van der Waals surface area contributed by atoms with Crippen molar-refractivity contribution in [2.24, 2.45) is 11.8 Å². The smallest absolute Gasteiger partial charge is 0.316 e. The molecule has 3 atom stereocenters. The second-order valence-corrected chi connectivity index (χ2v) is 8.17. The van der Waals surface area contributed by atoms with Crippen LogP contribution in [0.3, 0.4) is 0 Å². The Labute approximate surface area is 170 Å². The van der Waals surface area contributed by atoms with Crippen LogP contribution in [0.25, 0.3) is 0 Å². The molecule has 0 radical (unpaired) electrons. The van der Waals surface area contributed by atoms with Crippen molar-refractivity contribution in [2.75, 3.05) is 49.2 Å². The third kappa shape index (κ3) is 3.73. The summed E-state index contributed by atoms with van der Waals surface area (Å²) in [4.78, 5) is 26.2. The van der Waals surface area contributed by atoms with E-state index in [2.05, 4.69) is 5.32 Å². The van der Waals surface area contributed by atoms with Crippen molar-refractivity contribution in [1.29, 1.82) is 0 Å². The quantitative estimate of drug-likeness (QED) is 0.511. The van der Waals surface area contributed by atoms with Gasteiger partial charge in [-0.15, -0.1) is 0 Å². The van der Waals surface area contributed by atoms with Gasteiger partial charge in [-0.1, -0.05) is 0 Å². The largest absolute Gasteiger partial charge is 0.481 e. The van der Waals surface area contributed by atoms with E-state index in [9.17, 15) is 27.9 Å². The van der Waals surface area contributed by atoms with Gasteiger partial charge in [-0.3, -0.25) is 9.59 Å². The van der Waals surface area contributed by atoms with Gasteiger partial charge in [0.1, 0.15) is 30.3 Å². The zero-order valence-corrected chi connectivity index (χ0v) is 16.2. The van der Waals surface area contributed by atoms with E-state index in [1.54, 1.807) is 0 Å². The molecular formula is C20H23F4N3O3. The summed E-state index contributed by atoms with van der Waals surface area (Å²) in [6.45, 7) is -1.35. The van der Waals surface area contributed by atoms with Gasteiger partial charge in [0, 0.05) is 50.2 Å². The Balaban J connectivity index is 1.67. The summed E-state index contributed by atoms with van der Waals surface area (Å²) in [5.74, 6) is -6.47. The molecule has 0 bridgehead atoms. The zero-order chi connectivity index (χ0) is 21.6. The van der Waals surface area contributed by atoms with E-state index < -0.39 is 65.9 Å². The van der Waals surface area contributed by atoms with Crippen molar-refractivity contribution in [3.8, 4) is 0 Å². The number of carbonyl (C=O) groups is 2. The maximum atomic E-state index is 15.4. The highest BCUT2D eigenvalue weighted by Crippen LogP contribution is 2.40. The van der Waals surface area contributed by atoms with Crippen molar-refractivity contribution in [1.82, 2.24) is 5.32 Å². The van der Waals surface area contributed by atoms with E-state index in [1.807, 2.05) is 0 Å². The Bertz CT molecular complexity index is 864. The maximum absolute atomic E-state index is 15.4. The Hall–Kier alpha value is -2.36. The van der Waals surface area contributed by atoms with Gasteiger partial charge < -0.3 is 20.2 Å². The van der Waals surface area contributed by atoms with Crippen LogP contribution >= 0.6 is 0 Å². The lowest BCUT2D eigenvalue weighted by molar-refractivity contribution is -0.139. The Morgan fingerprint density at radius 3 is 2.57 bits per heavy atom. The first-order valence-electron chi connectivity index (χ1n) is 10.0. The summed E-state index contributed by atoms with van der Waals surface area (Å²) in [7, 11) is 0. The zero-order valence-electron chi connectivity index (χ0n) is 16.2. The van der Waals surface area contributed by atoms with Crippen LogP contribution in [0.5, 0.6) is 0 Å². The number of aliphatic carboxylic acids is 1. The molecule has 6 nitrogen and oxygen atoms in total. The fourth-order valence-electron chi connectivity index (χ4n) is 4.28. The summed E-state index contributed by atoms with van der Waals surface area (Å²) >= 11 is 0. The number of nitrogens with one attached hydrogen (secondary N) is 1. The average Bonchev–Trinajstić information content (AvgIpc) is 3.44. The lowest BCUT2D eigenvalue weighted by atomic mass is 9.90. The van der Waals surface area contributed by atoms with Gasteiger partial charge in [0.15, 0.2) is 11.6 Å². The van der Waals surface area contributed by atoms with Gasteiger partial charge in [-0.25, -0.2) is 17.6 Å². The number of hydrogen-bond donors (Lipinski definition) is 2. The molecule has 10 heteroatoms. The number of carboxylic acid groups (broad SMARTS) is 1. The Kier molecular flexibility index (Phi) is 5.61. The topological polar surface area (TPSA) is 72.9 Å². The highest BCUT2D eigenvalue weighted by atomic mass is 19.1. The third-order valence-corrected chi connectivity index (χ3v) is 6.05. The molecule has 30 heavy (non-hydrogen) atoms. The number of Topliss-reactive ketones (excluding diaryl/α,β-unsaturated/α-hetero) is 1. The number of rotatable bonds is 7. The summed E-state index contributed by atoms with van der Waals surface area (Å²) in [6.07, 6.45) is 0.806. The van der Waals surface area contributed by atoms with Crippen molar-refractivity contribution in [2.45, 2.75) is 25.1 Å². The first-order chi connectivity index (χ1) is 14.3. The van der Waals surface area contributed by atoms with E-state index in [0.717, 1.165) is 23.8 Å². The van der Waals surface area contributed by atoms with Crippen LogP contribution in [0.1, 0.15) is 23.2 Å². The molecular weight excluding hydrogens is 406 g/mol. The van der Waals surface area contributed by atoms with Gasteiger partial charge in [-0.05, 0) is 18.9 Å². The number of ketones is 1. The lowest BCUT2D eigenvalue weighted by Gasteiger charge is -2.34. The molecule has 1 aromatic rings. The molecule has 3 aliphatic rings. The van der Waals surface area contributed by atoms with Crippen molar-refractivity contribution in [3.05, 3.63) is 23.3 Å². The summed E-state index contributed by atoms with van der Waals surface area (Å²) in [6, 6.07) is 1.17. The van der Waals surface area contributed by atoms with E-state index in [4.69, 9.17) is 0 Å². The van der Waals surface area contributed by atoms with Crippen LogP contribution in [0.2, 0.25) is 0 Å². The standard InChI is InChI=1S/C20H23F4N3O3/c21-3-4-26-8-13(20(29)30)19(28)12-5-14(22)18(16(24)17(12)26)27-7-10(15(23)9-27)6-25-11-1-2-11/h5,10-11,13,15,25H,1-4,6-9H2,(H,29,30)/t10-,13?,15-/m1/s1. The molecule has 2 heterocycles. The second-order valence-electron chi connectivity index (χ2n) is 8.17. The Morgan fingerprint density at radius 2 is 1.93 bits per heavy atom. The maximum Gasteiger partial charge on any atom is 0.316 e. The average molecular weight is 429 g/mol. The molecule has 0 amide bonds. The molecule has 1 aromatic carbocycles. The minimum absolute atomic E-state index is 0.0995. The summed E-state index contributed by atoms with van der Waals surface area (Å²) < 4.78 is 57.8. The number of alkyl halides is 2. The molecule has 1 aliphatic carbocycles. The monoisotopic (exact) mass is 429 g/mol. The number of hydrogen-bond acceptors (Lipinski definition) is 5. The predicted octanol–water partition coefficient (Wildman–Crippen LogP) is 2.16. The minimum atomic E-state index is -1.53. The SMILES string of the molecule is O=C(O)C1CN(CCF)c2c(cc(F)c(N3C[C@@H](CNC4CC4)[C@H](F)C3)c2F)C1=O. The number of halogens is 4. The molecule has 1 saturated heterocycles. The van der Waals surface area contributed by atoms with Crippen molar-refractivity contribution < 1.29 is 32.3 Å². The molecule has 1 unspecified atom stereocenters. The van der Waals surface area contributed by atoms with Gasteiger partial charge in [-0.2, -0.15) is 0 Å². The van der Waals surface area contributed by atoms with Crippen LogP contribution in [0.4, 0.5) is 28.9 Å². The van der Waals surface area contributed by atoms with Crippen molar-refractivity contribution >= 4 is 23.1 Å². The van der Waals surface area contributed by atoms with Gasteiger partial charge in [0.25, 0.3) is 0 Å². The number of carboxylic acids is 1. The molecule has 2 N–H and O–H groups in total. The van der Waals surface area contributed by atoms with E-state index in [0.29, 0.717) is 12.6 Å². The molecule has 0 aromatic heterocycles. The third-order valence-electron chi connectivity index (χ3n) is 6.05. The number of anilines is 2. The fourth-order valence-corrected chi connectivity index (χ4v) is 4.28. The predicted molar refractivity (Wildman–Crippen MR) is 102 cm³/mol. The highest BCUT2D eigenvalue weighted by molar-refractivity contribution is 6.13. The van der Waals surface area contributed by atoms with Gasteiger partial charge in [0.2, 0.25) is 0 Å².